The average molecular weight is 361 g/mol. The first-order valence-corrected chi connectivity index (χ1v) is 8.13. The van der Waals surface area contributed by atoms with Crippen molar-refractivity contribution in [2.75, 3.05) is 6.61 Å². The van der Waals surface area contributed by atoms with Gasteiger partial charge in [0.05, 0.1) is 18.5 Å². The topological polar surface area (TPSA) is 83.0 Å². The van der Waals surface area contributed by atoms with Crippen LogP contribution in [0.15, 0.2) is 28.8 Å². The van der Waals surface area contributed by atoms with Crippen LogP contribution in [0.25, 0.3) is 22.7 Å². The summed E-state index contributed by atoms with van der Waals surface area (Å²) in [6.07, 6.45) is 1.72. The summed E-state index contributed by atoms with van der Waals surface area (Å²) in [7, 11) is 1.93. The van der Waals surface area contributed by atoms with Gasteiger partial charge in [-0.05, 0) is 32.0 Å². The van der Waals surface area contributed by atoms with E-state index in [9.17, 15) is 4.79 Å². The summed E-state index contributed by atoms with van der Waals surface area (Å²) in [6, 6.07) is 5.47. The van der Waals surface area contributed by atoms with Crippen molar-refractivity contribution in [2.24, 2.45) is 7.05 Å². The summed E-state index contributed by atoms with van der Waals surface area (Å²) in [4.78, 5) is 15.8. The van der Waals surface area contributed by atoms with Gasteiger partial charge in [0.1, 0.15) is 12.2 Å². The minimum absolute atomic E-state index is 0.0603. The van der Waals surface area contributed by atoms with Gasteiger partial charge in [-0.25, -0.2) is 4.98 Å². The minimum Gasteiger partial charge on any atom is -0.466 e. The van der Waals surface area contributed by atoms with Gasteiger partial charge in [0.25, 0.3) is 0 Å². The van der Waals surface area contributed by atoms with E-state index >= 15 is 0 Å². The first kappa shape index (κ1) is 17.2. The quantitative estimate of drug-likeness (QED) is 0.650. The SMILES string of the molecule is CCOC(=O)Cc1nnc(-c2cc(Cl)cc(-c3cnc(C)n3C)c2)o1. The van der Waals surface area contributed by atoms with E-state index in [-0.39, 0.29) is 12.3 Å². The molecule has 3 aromatic rings. The maximum absolute atomic E-state index is 11.5. The van der Waals surface area contributed by atoms with Crippen LogP contribution in [0.3, 0.4) is 0 Å². The molecule has 130 valence electrons. The predicted octanol–water partition coefficient (Wildman–Crippen LogP) is 3.20. The van der Waals surface area contributed by atoms with Gasteiger partial charge in [0.15, 0.2) is 0 Å². The zero-order valence-corrected chi connectivity index (χ0v) is 14.9. The molecule has 0 N–H and O–H groups in total. The zero-order chi connectivity index (χ0) is 18.0. The van der Waals surface area contributed by atoms with E-state index in [1.54, 1.807) is 19.2 Å². The molecule has 0 amide bonds. The number of esters is 1. The summed E-state index contributed by atoms with van der Waals surface area (Å²) >= 11 is 6.25. The molecule has 0 fully saturated rings. The van der Waals surface area contributed by atoms with E-state index < -0.39 is 5.97 Å². The van der Waals surface area contributed by atoms with Crippen LogP contribution in [0.4, 0.5) is 0 Å². The molecule has 8 heteroatoms. The second-order valence-electron chi connectivity index (χ2n) is 5.46. The highest BCUT2D eigenvalue weighted by Gasteiger charge is 2.15. The first-order chi connectivity index (χ1) is 12.0. The van der Waals surface area contributed by atoms with Crippen LogP contribution in [-0.2, 0) is 23.0 Å². The van der Waals surface area contributed by atoms with Gasteiger partial charge in [0, 0.05) is 23.2 Å². The molecular formula is C17H17ClN4O3. The molecule has 2 aromatic heterocycles. The van der Waals surface area contributed by atoms with Gasteiger partial charge in [-0.1, -0.05) is 11.6 Å². The molecular weight excluding hydrogens is 344 g/mol. The Kier molecular flexibility index (Phi) is 4.85. The maximum Gasteiger partial charge on any atom is 0.315 e. The van der Waals surface area contributed by atoms with Crippen LogP contribution < -0.4 is 0 Å². The number of carbonyl (C=O) groups is 1. The van der Waals surface area contributed by atoms with Crippen LogP contribution in [0.2, 0.25) is 5.02 Å². The highest BCUT2D eigenvalue weighted by atomic mass is 35.5. The predicted molar refractivity (Wildman–Crippen MR) is 92.0 cm³/mol. The van der Waals surface area contributed by atoms with Crippen LogP contribution in [0.5, 0.6) is 0 Å². The monoisotopic (exact) mass is 360 g/mol. The fraction of sp³-hybridized carbons (Fsp3) is 0.294. The van der Waals surface area contributed by atoms with Crippen LogP contribution in [0, 0.1) is 6.92 Å². The average Bonchev–Trinajstić information content (AvgIpc) is 3.15. The minimum atomic E-state index is -0.408. The third-order valence-electron chi connectivity index (χ3n) is 3.73. The Hall–Kier alpha value is -2.67. The van der Waals surface area contributed by atoms with E-state index in [0.717, 1.165) is 17.1 Å². The number of halogens is 1. The standard InChI is InChI=1S/C17H17ClN4O3/c1-4-24-16(23)8-15-20-21-17(25-15)12-5-11(6-13(18)7-12)14-9-19-10(2)22(14)3/h5-7,9H,4,8H2,1-3H3. The molecule has 0 aliphatic carbocycles. The van der Waals surface area contributed by atoms with Crippen LogP contribution >= 0.6 is 11.6 Å². The number of aryl methyl sites for hydroxylation is 1. The van der Waals surface area contributed by atoms with Crippen LogP contribution in [-0.4, -0.2) is 32.3 Å². The summed E-state index contributed by atoms with van der Waals surface area (Å²) in [5, 5.41) is 8.43. The largest absolute Gasteiger partial charge is 0.466 e. The van der Waals surface area contributed by atoms with Crippen molar-refractivity contribution in [2.45, 2.75) is 20.3 Å². The number of hydrogen-bond donors (Lipinski definition) is 0. The lowest BCUT2D eigenvalue weighted by molar-refractivity contribution is -0.142. The van der Waals surface area contributed by atoms with E-state index in [1.165, 1.54) is 0 Å². The lowest BCUT2D eigenvalue weighted by Gasteiger charge is -2.06. The second kappa shape index (κ2) is 7.06. The molecule has 7 nitrogen and oxygen atoms in total. The molecule has 0 atom stereocenters. The Morgan fingerprint density at radius 1 is 1.28 bits per heavy atom. The third kappa shape index (κ3) is 3.71. The van der Waals surface area contributed by atoms with Crippen molar-refractivity contribution in [1.82, 2.24) is 19.7 Å². The molecule has 3 rings (SSSR count). The Balaban J connectivity index is 1.92. The summed E-state index contributed by atoms with van der Waals surface area (Å²) < 4.78 is 12.4. The summed E-state index contributed by atoms with van der Waals surface area (Å²) in [5.74, 6) is 0.981. The van der Waals surface area contributed by atoms with E-state index in [1.807, 2.05) is 30.7 Å². The molecule has 0 bridgehead atoms. The number of rotatable bonds is 5. The van der Waals surface area contributed by atoms with Crippen molar-refractivity contribution >= 4 is 17.6 Å². The van der Waals surface area contributed by atoms with Crippen molar-refractivity contribution in [3.05, 3.63) is 41.1 Å². The zero-order valence-electron chi connectivity index (χ0n) is 14.1. The molecule has 0 unspecified atom stereocenters. The molecule has 1 aromatic carbocycles. The molecule has 0 aliphatic rings. The number of imidazole rings is 1. The Morgan fingerprint density at radius 2 is 2.04 bits per heavy atom. The van der Waals surface area contributed by atoms with Gasteiger partial charge in [-0.15, -0.1) is 10.2 Å². The third-order valence-corrected chi connectivity index (χ3v) is 3.95. The van der Waals surface area contributed by atoms with E-state index in [0.29, 0.717) is 23.1 Å². The molecule has 0 radical (unpaired) electrons. The molecule has 0 saturated heterocycles. The van der Waals surface area contributed by atoms with E-state index in [4.69, 9.17) is 20.8 Å². The Labute approximate surface area is 149 Å². The highest BCUT2D eigenvalue weighted by molar-refractivity contribution is 6.31. The van der Waals surface area contributed by atoms with Gasteiger partial charge in [-0.2, -0.15) is 0 Å². The lowest BCUT2D eigenvalue weighted by Crippen LogP contribution is -2.07. The van der Waals surface area contributed by atoms with Crippen molar-refractivity contribution < 1.29 is 13.9 Å². The van der Waals surface area contributed by atoms with Crippen molar-refractivity contribution in [3.63, 3.8) is 0 Å². The molecule has 0 spiro atoms. The second-order valence-corrected chi connectivity index (χ2v) is 5.90. The molecule has 0 aliphatic heterocycles. The molecule has 0 saturated carbocycles. The number of carbonyl (C=O) groups excluding carboxylic acids is 1. The van der Waals surface area contributed by atoms with Gasteiger partial charge in [0.2, 0.25) is 11.8 Å². The van der Waals surface area contributed by atoms with E-state index in [2.05, 4.69) is 15.2 Å². The van der Waals surface area contributed by atoms with Crippen LogP contribution in [0.1, 0.15) is 18.6 Å². The van der Waals surface area contributed by atoms with Gasteiger partial charge >= 0.3 is 5.97 Å². The van der Waals surface area contributed by atoms with Gasteiger partial charge < -0.3 is 13.7 Å². The van der Waals surface area contributed by atoms with Crippen molar-refractivity contribution in [1.29, 1.82) is 0 Å². The Bertz CT molecular complexity index is 917. The lowest BCUT2D eigenvalue weighted by atomic mass is 10.1. The fourth-order valence-electron chi connectivity index (χ4n) is 2.41. The first-order valence-electron chi connectivity index (χ1n) is 7.75. The Morgan fingerprint density at radius 3 is 2.72 bits per heavy atom. The summed E-state index contributed by atoms with van der Waals surface area (Å²) in [5.41, 5.74) is 2.48. The number of aromatic nitrogens is 4. The summed E-state index contributed by atoms with van der Waals surface area (Å²) in [6.45, 7) is 3.97. The normalized spacial score (nSPS) is 10.9. The molecule has 2 heterocycles. The number of benzene rings is 1. The maximum atomic E-state index is 11.5. The fourth-order valence-corrected chi connectivity index (χ4v) is 2.64. The number of nitrogens with zero attached hydrogens (tertiary/aromatic N) is 4. The smallest absolute Gasteiger partial charge is 0.315 e. The highest BCUT2D eigenvalue weighted by Crippen LogP contribution is 2.30. The number of ether oxygens (including phenoxy) is 1. The van der Waals surface area contributed by atoms with Gasteiger partial charge in [-0.3, -0.25) is 4.79 Å². The molecule has 25 heavy (non-hydrogen) atoms. The van der Waals surface area contributed by atoms with Crippen molar-refractivity contribution in [3.8, 4) is 22.7 Å². The number of hydrogen-bond acceptors (Lipinski definition) is 6.